The van der Waals surface area contributed by atoms with Crippen LogP contribution in [0.15, 0.2) is 24.4 Å². The number of amides is 1. The summed E-state index contributed by atoms with van der Waals surface area (Å²) in [5.74, 6) is 0.0630. The molecule has 0 radical (unpaired) electrons. The number of likely N-dealkylation sites (N-methyl/N-ethyl adjacent to an activating group) is 1. The van der Waals surface area contributed by atoms with Crippen molar-refractivity contribution < 1.29 is 4.79 Å². The molecule has 1 saturated heterocycles. The third-order valence-corrected chi connectivity index (χ3v) is 3.32. The molecule has 0 aliphatic carbocycles. The molecule has 5 nitrogen and oxygen atoms in total. The van der Waals surface area contributed by atoms with Crippen molar-refractivity contribution >= 4 is 16.8 Å². The maximum atomic E-state index is 12.2. The first-order valence-corrected chi connectivity index (χ1v) is 5.67. The van der Waals surface area contributed by atoms with Crippen LogP contribution >= 0.6 is 0 Å². The molecular formula is C12H14N4O. The van der Waals surface area contributed by atoms with Gasteiger partial charge in [0, 0.05) is 31.1 Å². The highest BCUT2D eigenvalue weighted by Gasteiger charge is 2.25. The van der Waals surface area contributed by atoms with Crippen LogP contribution in [0.1, 0.15) is 10.4 Å². The molecule has 1 aromatic heterocycles. The molecule has 0 bridgehead atoms. The maximum absolute atomic E-state index is 12.2. The average molecular weight is 230 g/mol. The lowest BCUT2D eigenvalue weighted by Crippen LogP contribution is -2.57. The quantitative estimate of drug-likeness (QED) is 0.794. The van der Waals surface area contributed by atoms with E-state index in [0.29, 0.717) is 11.6 Å². The van der Waals surface area contributed by atoms with Gasteiger partial charge < -0.3 is 10.2 Å². The molecule has 0 saturated carbocycles. The minimum Gasteiger partial charge on any atom is -0.336 e. The van der Waals surface area contributed by atoms with E-state index in [1.165, 1.54) is 0 Å². The molecule has 0 atom stereocenters. The number of fused-ring (bicyclic) bond motifs is 1. The standard InChI is InChI=1S/C12H14N4O/c1-16(10-6-13-7-10)12(17)8-2-3-9-5-14-15-11(9)4-8/h2-5,10,13H,6-7H2,1H3,(H,14,15). The topological polar surface area (TPSA) is 61.0 Å². The number of aromatic nitrogens is 2. The van der Waals surface area contributed by atoms with Crippen LogP contribution in [0.5, 0.6) is 0 Å². The molecule has 1 fully saturated rings. The van der Waals surface area contributed by atoms with Gasteiger partial charge in [-0.05, 0) is 12.1 Å². The lowest BCUT2D eigenvalue weighted by Gasteiger charge is -2.35. The van der Waals surface area contributed by atoms with Crippen LogP contribution in [0.2, 0.25) is 0 Å². The van der Waals surface area contributed by atoms with Crippen molar-refractivity contribution in [3.8, 4) is 0 Å². The van der Waals surface area contributed by atoms with E-state index in [1.54, 1.807) is 11.1 Å². The SMILES string of the molecule is CN(C(=O)c1ccc2cn[nH]c2c1)C1CNC1. The fourth-order valence-electron chi connectivity index (χ4n) is 1.99. The Morgan fingerprint density at radius 1 is 1.47 bits per heavy atom. The van der Waals surface area contributed by atoms with Crippen molar-refractivity contribution in [2.24, 2.45) is 0 Å². The van der Waals surface area contributed by atoms with Gasteiger partial charge in [0.1, 0.15) is 0 Å². The molecule has 2 N–H and O–H groups in total. The highest BCUT2D eigenvalue weighted by atomic mass is 16.2. The second-order valence-electron chi connectivity index (χ2n) is 4.40. The molecule has 1 amide bonds. The fraction of sp³-hybridized carbons (Fsp3) is 0.333. The second-order valence-corrected chi connectivity index (χ2v) is 4.40. The molecule has 88 valence electrons. The monoisotopic (exact) mass is 230 g/mol. The van der Waals surface area contributed by atoms with E-state index < -0.39 is 0 Å². The van der Waals surface area contributed by atoms with Crippen LogP contribution in [0.25, 0.3) is 10.9 Å². The van der Waals surface area contributed by atoms with Gasteiger partial charge in [0.05, 0.1) is 17.8 Å². The van der Waals surface area contributed by atoms with Gasteiger partial charge in [-0.25, -0.2) is 0 Å². The van der Waals surface area contributed by atoms with Gasteiger partial charge >= 0.3 is 0 Å². The highest BCUT2D eigenvalue weighted by molar-refractivity contribution is 5.97. The molecule has 0 spiro atoms. The zero-order valence-corrected chi connectivity index (χ0v) is 9.60. The molecule has 5 heteroatoms. The summed E-state index contributed by atoms with van der Waals surface area (Å²) >= 11 is 0. The van der Waals surface area contributed by atoms with Crippen LogP contribution in [0.4, 0.5) is 0 Å². The summed E-state index contributed by atoms with van der Waals surface area (Å²) in [5.41, 5.74) is 1.60. The summed E-state index contributed by atoms with van der Waals surface area (Å²) < 4.78 is 0. The van der Waals surface area contributed by atoms with E-state index in [-0.39, 0.29) is 5.91 Å². The van der Waals surface area contributed by atoms with Crippen molar-refractivity contribution in [2.45, 2.75) is 6.04 Å². The van der Waals surface area contributed by atoms with Crippen LogP contribution < -0.4 is 5.32 Å². The summed E-state index contributed by atoms with van der Waals surface area (Å²) in [6, 6.07) is 5.94. The number of nitrogens with zero attached hydrogens (tertiary/aromatic N) is 2. The summed E-state index contributed by atoms with van der Waals surface area (Å²) in [7, 11) is 1.85. The Morgan fingerprint density at radius 3 is 3.00 bits per heavy atom. The molecule has 2 heterocycles. The Kier molecular flexibility index (Phi) is 2.33. The molecule has 1 aromatic carbocycles. The number of nitrogens with one attached hydrogen (secondary N) is 2. The lowest BCUT2D eigenvalue weighted by molar-refractivity contribution is 0.0681. The number of carbonyl (C=O) groups excluding carboxylic acids is 1. The number of aromatic amines is 1. The van der Waals surface area contributed by atoms with Gasteiger partial charge in [0.25, 0.3) is 5.91 Å². The first-order chi connectivity index (χ1) is 8.25. The zero-order chi connectivity index (χ0) is 11.8. The normalized spacial score (nSPS) is 15.8. The van der Waals surface area contributed by atoms with Crippen LogP contribution in [0.3, 0.4) is 0 Å². The van der Waals surface area contributed by atoms with Gasteiger partial charge in [-0.1, -0.05) is 6.07 Å². The van der Waals surface area contributed by atoms with Crippen molar-refractivity contribution in [3.63, 3.8) is 0 Å². The van der Waals surface area contributed by atoms with Crippen molar-refractivity contribution in [1.29, 1.82) is 0 Å². The number of carbonyl (C=O) groups is 1. The summed E-state index contributed by atoms with van der Waals surface area (Å²) in [4.78, 5) is 14.0. The number of hydrogen-bond acceptors (Lipinski definition) is 3. The van der Waals surface area contributed by atoms with Gasteiger partial charge in [0.15, 0.2) is 0 Å². The van der Waals surface area contributed by atoms with Gasteiger partial charge in [-0.2, -0.15) is 5.10 Å². The lowest BCUT2D eigenvalue weighted by atomic mass is 10.1. The average Bonchev–Trinajstić information content (AvgIpc) is 2.72. The first-order valence-electron chi connectivity index (χ1n) is 5.67. The van der Waals surface area contributed by atoms with Crippen molar-refractivity contribution in [2.75, 3.05) is 20.1 Å². The molecular weight excluding hydrogens is 216 g/mol. The minimum atomic E-state index is 0.0630. The molecule has 1 aliphatic rings. The smallest absolute Gasteiger partial charge is 0.254 e. The molecule has 2 aromatic rings. The maximum Gasteiger partial charge on any atom is 0.254 e. The number of H-pyrrole nitrogens is 1. The van der Waals surface area contributed by atoms with E-state index in [9.17, 15) is 4.79 Å². The molecule has 17 heavy (non-hydrogen) atoms. The zero-order valence-electron chi connectivity index (χ0n) is 9.60. The van der Waals surface area contributed by atoms with Crippen LogP contribution in [0, 0.1) is 0 Å². The largest absolute Gasteiger partial charge is 0.336 e. The number of benzene rings is 1. The summed E-state index contributed by atoms with van der Waals surface area (Å²) in [5, 5.41) is 11.0. The first kappa shape index (κ1) is 10.3. The van der Waals surface area contributed by atoms with E-state index in [0.717, 1.165) is 24.0 Å². The molecule has 1 aliphatic heterocycles. The fourth-order valence-corrected chi connectivity index (χ4v) is 1.99. The van der Waals surface area contributed by atoms with Gasteiger partial charge in [-0.15, -0.1) is 0 Å². The van der Waals surface area contributed by atoms with Gasteiger partial charge in [-0.3, -0.25) is 9.89 Å². The van der Waals surface area contributed by atoms with E-state index >= 15 is 0 Å². The Hall–Kier alpha value is -1.88. The highest BCUT2D eigenvalue weighted by Crippen LogP contribution is 2.15. The molecule has 3 rings (SSSR count). The summed E-state index contributed by atoms with van der Waals surface area (Å²) in [6.07, 6.45) is 1.75. The van der Waals surface area contributed by atoms with Crippen molar-refractivity contribution in [3.05, 3.63) is 30.0 Å². The third-order valence-electron chi connectivity index (χ3n) is 3.32. The van der Waals surface area contributed by atoms with Crippen molar-refractivity contribution in [1.82, 2.24) is 20.4 Å². The Morgan fingerprint density at radius 2 is 2.29 bits per heavy atom. The van der Waals surface area contributed by atoms with Crippen LogP contribution in [-0.4, -0.2) is 47.2 Å². The van der Waals surface area contributed by atoms with E-state index in [2.05, 4.69) is 15.5 Å². The summed E-state index contributed by atoms with van der Waals surface area (Å²) in [6.45, 7) is 1.77. The second kappa shape index (κ2) is 3.85. The Labute approximate surface area is 98.8 Å². The Balaban J connectivity index is 1.88. The van der Waals surface area contributed by atoms with E-state index in [1.807, 2.05) is 25.2 Å². The molecule has 0 unspecified atom stereocenters. The van der Waals surface area contributed by atoms with Crippen LogP contribution in [-0.2, 0) is 0 Å². The predicted molar refractivity (Wildman–Crippen MR) is 64.8 cm³/mol. The minimum absolute atomic E-state index is 0.0630. The van der Waals surface area contributed by atoms with Gasteiger partial charge in [0.2, 0.25) is 0 Å². The number of hydrogen-bond donors (Lipinski definition) is 2. The third kappa shape index (κ3) is 1.68. The predicted octanol–water partition coefficient (Wildman–Crippen LogP) is 0.607. The van der Waals surface area contributed by atoms with E-state index in [4.69, 9.17) is 0 Å². The number of rotatable bonds is 2. The Bertz CT molecular complexity index is 558.